The van der Waals surface area contributed by atoms with Crippen LogP contribution in [0.15, 0.2) is 59.7 Å². The summed E-state index contributed by atoms with van der Waals surface area (Å²) in [4.78, 5) is 21.4. The van der Waals surface area contributed by atoms with Crippen LogP contribution in [0.25, 0.3) is 28.7 Å². The lowest BCUT2D eigenvalue weighted by Gasteiger charge is -2.02. The van der Waals surface area contributed by atoms with Crippen LogP contribution < -0.4 is 5.56 Å². The molecule has 26 heavy (non-hydrogen) atoms. The molecule has 1 N–H and O–H groups in total. The van der Waals surface area contributed by atoms with Gasteiger partial charge in [-0.05, 0) is 55.5 Å². The van der Waals surface area contributed by atoms with Gasteiger partial charge in [0.15, 0.2) is 0 Å². The number of aromatic amines is 1. The summed E-state index contributed by atoms with van der Waals surface area (Å²) in [6, 6.07) is 12.8. The van der Waals surface area contributed by atoms with Crippen molar-refractivity contribution in [2.75, 3.05) is 0 Å². The van der Waals surface area contributed by atoms with Gasteiger partial charge in [-0.2, -0.15) is 0 Å². The summed E-state index contributed by atoms with van der Waals surface area (Å²) in [6.45, 7) is 1.91. The summed E-state index contributed by atoms with van der Waals surface area (Å²) in [5.74, 6) is 0. The summed E-state index contributed by atoms with van der Waals surface area (Å²) < 4.78 is 1.50. The number of rotatable bonds is 3. The van der Waals surface area contributed by atoms with Gasteiger partial charge in [0, 0.05) is 28.7 Å². The van der Waals surface area contributed by atoms with Gasteiger partial charge in [-0.15, -0.1) is 0 Å². The van der Waals surface area contributed by atoms with Crippen molar-refractivity contribution in [3.8, 4) is 5.69 Å². The van der Waals surface area contributed by atoms with E-state index in [9.17, 15) is 4.79 Å². The van der Waals surface area contributed by atoms with E-state index in [1.165, 1.54) is 4.68 Å². The highest BCUT2D eigenvalue weighted by Gasteiger charge is 2.13. The minimum atomic E-state index is -0.151. The van der Waals surface area contributed by atoms with Crippen LogP contribution in [0.4, 0.5) is 0 Å². The molecule has 0 aliphatic carbocycles. The van der Waals surface area contributed by atoms with Gasteiger partial charge < -0.3 is 0 Å². The summed E-state index contributed by atoms with van der Waals surface area (Å²) in [5.41, 5.74) is 3.83. The zero-order valence-electron chi connectivity index (χ0n) is 14.0. The van der Waals surface area contributed by atoms with E-state index in [4.69, 9.17) is 11.6 Å². The second kappa shape index (κ2) is 6.61. The molecule has 0 atom stereocenters. The van der Waals surface area contributed by atoms with E-state index in [1.54, 1.807) is 36.7 Å². The molecule has 1 aromatic carbocycles. The Morgan fingerprint density at radius 2 is 1.88 bits per heavy atom. The third-order valence-electron chi connectivity index (χ3n) is 4.17. The molecule has 5 nitrogen and oxygen atoms in total. The number of halogens is 1. The zero-order chi connectivity index (χ0) is 18.1. The number of hydrogen-bond donors (Lipinski definition) is 1. The summed E-state index contributed by atoms with van der Waals surface area (Å²) >= 11 is 5.94. The van der Waals surface area contributed by atoms with Crippen molar-refractivity contribution in [1.29, 1.82) is 0 Å². The van der Waals surface area contributed by atoms with Gasteiger partial charge in [0.25, 0.3) is 5.56 Å². The van der Waals surface area contributed by atoms with Crippen LogP contribution >= 0.6 is 11.6 Å². The van der Waals surface area contributed by atoms with Gasteiger partial charge in [-0.3, -0.25) is 19.9 Å². The molecule has 0 bridgehead atoms. The molecule has 0 fully saturated rings. The molecule has 0 unspecified atom stereocenters. The molecule has 0 radical (unpaired) electrons. The maximum atomic E-state index is 12.8. The van der Waals surface area contributed by atoms with Crippen LogP contribution in [0.1, 0.15) is 17.0 Å². The van der Waals surface area contributed by atoms with Crippen molar-refractivity contribution >= 4 is 34.7 Å². The fourth-order valence-electron chi connectivity index (χ4n) is 2.81. The van der Waals surface area contributed by atoms with Crippen molar-refractivity contribution in [2.45, 2.75) is 6.92 Å². The van der Waals surface area contributed by atoms with Crippen molar-refractivity contribution in [1.82, 2.24) is 19.7 Å². The predicted molar refractivity (Wildman–Crippen MR) is 105 cm³/mol. The minimum Gasteiger partial charge on any atom is -0.290 e. The molecule has 0 aliphatic heterocycles. The molecular formula is C20H15ClN4O. The number of hydrogen-bond acceptors (Lipinski definition) is 3. The fraction of sp³-hybridized carbons (Fsp3) is 0.0500. The first kappa shape index (κ1) is 16.3. The maximum Gasteiger partial charge on any atom is 0.280 e. The van der Waals surface area contributed by atoms with E-state index in [1.807, 2.05) is 37.3 Å². The number of aryl methyl sites for hydroxylation is 1. The van der Waals surface area contributed by atoms with E-state index >= 15 is 0 Å². The third kappa shape index (κ3) is 2.93. The number of nitrogens with zero attached hydrogens (tertiary/aromatic N) is 3. The molecule has 0 saturated heterocycles. The number of benzene rings is 1. The average Bonchev–Trinajstić information content (AvgIpc) is 2.99. The lowest BCUT2D eigenvalue weighted by molar-refractivity contribution is 0.863. The monoisotopic (exact) mass is 362 g/mol. The normalized spacial score (nSPS) is 11.5. The smallest absolute Gasteiger partial charge is 0.280 e. The number of H-pyrrole nitrogens is 1. The van der Waals surface area contributed by atoms with Crippen LogP contribution in [0.5, 0.6) is 0 Å². The van der Waals surface area contributed by atoms with Crippen LogP contribution in [-0.2, 0) is 0 Å². The van der Waals surface area contributed by atoms with Gasteiger partial charge in [-0.25, -0.2) is 4.68 Å². The standard InChI is InChI=1S/C20H15ClN4O/c1-13-17(10-7-15-4-2-3-11-22-15)19-18(12-23-13)20(26)25(24-19)16-8-5-14(21)6-9-16/h2-12,24H,1H3. The Labute approximate surface area is 154 Å². The van der Waals surface area contributed by atoms with Crippen molar-refractivity contribution < 1.29 is 0 Å². The molecule has 0 saturated carbocycles. The molecule has 3 aromatic heterocycles. The van der Waals surface area contributed by atoms with Crippen LogP contribution in [-0.4, -0.2) is 19.7 Å². The van der Waals surface area contributed by atoms with E-state index in [-0.39, 0.29) is 5.56 Å². The Bertz CT molecular complexity index is 1160. The molecular weight excluding hydrogens is 348 g/mol. The Hall–Kier alpha value is -3.18. The summed E-state index contributed by atoms with van der Waals surface area (Å²) in [7, 11) is 0. The Morgan fingerprint density at radius 3 is 2.62 bits per heavy atom. The second-order valence-corrected chi connectivity index (χ2v) is 6.30. The van der Waals surface area contributed by atoms with E-state index in [0.29, 0.717) is 16.1 Å². The zero-order valence-corrected chi connectivity index (χ0v) is 14.7. The quantitative estimate of drug-likeness (QED) is 0.592. The fourth-order valence-corrected chi connectivity index (χ4v) is 2.93. The largest absolute Gasteiger partial charge is 0.290 e. The van der Waals surface area contributed by atoms with E-state index < -0.39 is 0 Å². The summed E-state index contributed by atoms with van der Waals surface area (Å²) in [6.07, 6.45) is 7.18. The average molecular weight is 363 g/mol. The van der Waals surface area contributed by atoms with E-state index in [0.717, 1.165) is 22.5 Å². The van der Waals surface area contributed by atoms with Crippen molar-refractivity contribution in [2.24, 2.45) is 0 Å². The molecule has 0 aliphatic rings. The lowest BCUT2D eigenvalue weighted by atomic mass is 10.1. The second-order valence-electron chi connectivity index (χ2n) is 5.86. The highest BCUT2D eigenvalue weighted by molar-refractivity contribution is 6.30. The highest BCUT2D eigenvalue weighted by Crippen LogP contribution is 2.20. The van der Waals surface area contributed by atoms with Crippen molar-refractivity contribution in [3.05, 3.63) is 87.2 Å². The molecule has 128 valence electrons. The van der Waals surface area contributed by atoms with Gasteiger partial charge >= 0.3 is 0 Å². The number of aromatic nitrogens is 4. The first-order valence-corrected chi connectivity index (χ1v) is 8.46. The topological polar surface area (TPSA) is 63.6 Å². The van der Waals surface area contributed by atoms with Gasteiger partial charge in [0.1, 0.15) is 0 Å². The molecule has 3 heterocycles. The lowest BCUT2D eigenvalue weighted by Crippen LogP contribution is -2.14. The number of nitrogens with one attached hydrogen (secondary N) is 1. The molecule has 4 aromatic rings. The van der Waals surface area contributed by atoms with Crippen molar-refractivity contribution in [3.63, 3.8) is 0 Å². The summed E-state index contributed by atoms with van der Waals surface area (Å²) in [5, 5.41) is 4.35. The number of fused-ring (bicyclic) bond motifs is 1. The molecule has 0 spiro atoms. The van der Waals surface area contributed by atoms with Crippen LogP contribution in [0.2, 0.25) is 5.02 Å². The van der Waals surface area contributed by atoms with Gasteiger partial charge in [0.2, 0.25) is 0 Å². The van der Waals surface area contributed by atoms with E-state index in [2.05, 4.69) is 15.1 Å². The third-order valence-corrected chi connectivity index (χ3v) is 4.42. The van der Waals surface area contributed by atoms with Crippen LogP contribution in [0, 0.1) is 6.92 Å². The molecule has 6 heteroatoms. The Kier molecular flexibility index (Phi) is 4.14. The van der Waals surface area contributed by atoms with Crippen LogP contribution in [0.3, 0.4) is 0 Å². The first-order valence-electron chi connectivity index (χ1n) is 8.09. The molecule has 4 rings (SSSR count). The van der Waals surface area contributed by atoms with Gasteiger partial charge in [-0.1, -0.05) is 17.7 Å². The Balaban J connectivity index is 1.87. The Morgan fingerprint density at radius 1 is 1.08 bits per heavy atom. The molecule has 0 amide bonds. The first-order chi connectivity index (χ1) is 12.6. The predicted octanol–water partition coefficient (Wildman–Crippen LogP) is 4.24. The maximum absolute atomic E-state index is 12.8. The number of pyridine rings is 2. The minimum absolute atomic E-state index is 0.151. The SMILES string of the molecule is Cc1ncc2c(=O)n(-c3ccc(Cl)cc3)[nH]c2c1C=Cc1ccccn1. The van der Waals surface area contributed by atoms with Gasteiger partial charge in [0.05, 0.1) is 22.3 Å². The highest BCUT2D eigenvalue weighted by atomic mass is 35.5.